The van der Waals surface area contributed by atoms with Crippen LogP contribution < -0.4 is 0 Å². The third-order valence-corrected chi connectivity index (χ3v) is 2.21. The van der Waals surface area contributed by atoms with Crippen LogP contribution in [0.1, 0.15) is 23.0 Å². The van der Waals surface area contributed by atoms with Crippen molar-refractivity contribution in [2.75, 3.05) is 0 Å². The lowest BCUT2D eigenvalue weighted by Gasteiger charge is -2.00. The van der Waals surface area contributed by atoms with Gasteiger partial charge in [0.1, 0.15) is 5.69 Å². The number of hydrogen-bond donors (Lipinski definition) is 0. The van der Waals surface area contributed by atoms with Gasteiger partial charge in [-0.05, 0) is 24.6 Å². The maximum absolute atomic E-state index is 11.1. The number of fused-ring (bicyclic) bond motifs is 1. The molecule has 0 radical (unpaired) electrons. The molecule has 0 aliphatic rings. The van der Waals surface area contributed by atoms with Crippen LogP contribution in [-0.2, 0) is 0 Å². The van der Waals surface area contributed by atoms with Gasteiger partial charge < -0.3 is 0 Å². The van der Waals surface area contributed by atoms with E-state index in [9.17, 15) is 4.79 Å². The highest BCUT2D eigenvalue weighted by molar-refractivity contribution is 5.94. The quantitative estimate of drug-likeness (QED) is 0.639. The lowest BCUT2D eigenvalue weighted by molar-refractivity contribution is 0.101. The monoisotopic (exact) mass is 185 g/mol. The molecule has 1 aromatic heterocycles. The predicted molar refractivity (Wildman–Crippen MR) is 56.5 cm³/mol. The Labute approximate surface area is 82.6 Å². The Morgan fingerprint density at radius 3 is 2.64 bits per heavy atom. The standard InChI is InChI=1S/C12H11NO/c1-8-3-4-10-5-6-11(9(2)14)13-12(10)7-8/h3-7H,1-2H3. The number of nitrogens with zero attached hydrogens (tertiary/aromatic N) is 1. The van der Waals surface area contributed by atoms with Crippen molar-refractivity contribution in [3.63, 3.8) is 0 Å². The number of aromatic nitrogens is 1. The van der Waals surface area contributed by atoms with E-state index in [1.807, 2.05) is 31.2 Å². The van der Waals surface area contributed by atoms with Gasteiger partial charge in [-0.1, -0.05) is 18.2 Å². The molecule has 0 unspecified atom stereocenters. The lowest BCUT2D eigenvalue weighted by atomic mass is 10.1. The van der Waals surface area contributed by atoms with Crippen molar-refractivity contribution in [1.82, 2.24) is 4.98 Å². The minimum absolute atomic E-state index is 0.00778. The summed E-state index contributed by atoms with van der Waals surface area (Å²) in [6.07, 6.45) is 0. The van der Waals surface area contributed by atoms with E-state index in [0.717, 1.165) is 16.5 Å². The number of ketones is 1. The van der Waals surface area contributed by atoms with Gasteiger partial charge in [0.25, 0.3) is 0 Å². The number of aryl methyl sites for hydroxylation is 1. The van der Waals surface area contributed by atoms with Gasteiger partial charge in [-0.3, -0.25) is 4.79 Å². The molecular weight excluding hydrogens is 174 g/mol. The summed E-state index contributed by atoms with van der Waals surface area (Å²) in [4.78, 5) is 15.4. The van der Waals surface area contributed by atoms with Crippen LogP contribution in [0.3, 0.4) is 0 Å². The van der Waals surface area contributed by atoms with Gasteiger partial charge in [-0.2, -0.15) is 0 Å². The molecule has 14 heavy (non-hydrogen) atoms. The fourth-order valence-electron chi connectivity index (χ4n) is 1.42. The van der Waals surface area contributed by atoms with Gasteiger partial charge in [-0.25, -0.2) is 4.98 Å². The zero-order chi connectivity index (χ0) is 10.1. The average Bonchev–Trinajstić information content (AvgIpc) is 2.16. The molecule has 2 rings (SSSR count). The van der Waals surface area contributed by atoms with E-state index in [-0.39, 0.29) is 5.78 Å². The van der Waals surface area contributed by atoms with E-state index < -0.39 is 0 Å². The van der Waals surface area contributed by atoms with E-state index >= 15 is 0 Å². The van der Waals surface area contributed by atoms with Crippen LogP contribution in [0.2, 0.25) is 0 Å². The van der Waals surface area contributed by atoms with E-state index in [1.165, 1.54) is 6.92 Å². The van der Waals surface area contributed by atoms with Crippen LogP contribution in [0.5, 0.6) is 0 Å². The van der Waals surface area contributed by atoms with Gasteiger partial charge in [0, 0.05) is 12.3 Å². The van der Waals surface area contributed by atoms with Crippen LogP contribution in [-0.4, -0.2) is 10.8 Å². The smallest absolute Gasteiger partial charge is 0.178 e. The summed E-state index contributed by atoms with van der Waals surface area (Å²) in [5, 5.41) is 1.07. The third-order valence-electron chi connectivity index (χ3n) is 2.21. The van der Waals surface area contributed by atoms with E-state index in [0.29, 0.717) is 5.69 Å². The molecule has 0 fully saturated rings. The van der Waals surface area contributed by atoms with Crippen LogP contribution >= 0.6 is 0 Å². The molecule has 2 heteroatoms. The third kappa shape index (κ3) is 1.51. The largest absolute Gasteiger partial charge is 0.293 e. The number of benzene rings is 1. The number of hydrogen-bond acceptors (Lipinski definition) is 2. The van der Waals surface area contributed by atoms with Crippen molar-refractivity contribution < 1.29 is 4.79 Å². The molecule has 0 saturated carbocycles. The topological polar surface area (TPSA) is 30.0 Å². The van der Waals surface area contributed by atoms with Gasteiger partial charge in [0.2, 0.25) is 0 Å². The Balaban J connectivity index is 2.69. The molecule has 0 aliphatic heterocycles. The molecule has 0 bridgehead atoms. The fraction of sp³-hybridized carbons (Fsp3) is 0.167. The molecule has 0 amide bonds. The average molecular weight is 185 g/mol. The Bertz CT molecular complexity index is 503. The maximum atomic E-state index is 11.1. The summed E-state index contributed by atoms with van der Waals surface area (Å²) in [7, 11) is 0. The second-order valence-electron chi connectivity index (χ2n) is 3.45. The molecule has 1 heterocycles. The highest BCUT2D eigenvalue weighted by Crippen LogP contribution is 2.14. The first kappa shape index (κ1) is 8.88. The van der Waals surface area contributed by atoms with Crippen molar-refractivity contribution in [3.8, 4) is 0 Å². The molecular formula is C12H11NO. The zero-order valence-electron chi connectivity index (χ0n) is 8.24. The lowest BCUT2D eigenvalue weighted by Crippen LogP contribution is -1.96. The van der Waals surface area contributed by atoms with Crippen molar-refractivity contribution in [2.24, 2.45) is 0 Å². The summed E-state index contributed by atoms with van der Waals surface area (Å²) in [5.74, 6) is 0.00778. The minimum atomic E-state index is 0.00778. The summed E-state index contributed by atoms with van der Waals surface area (Å²) < 4.78 is 0. The van der Waals surface area contributed by atoms with Crippen molar-refractivity contribution in [3.05, 3.63) is 41.6 Å². The Kier molecular flexibility index (Phi) is 2.04. The summed E-state index contributed by atoms with van der Waals surface area (Å²) in [5.41, 5.74) is 2.58. The van der Waals surface area contributed by atoms with Crippen LogP contribution in [0.25, 0.3) is 10.9 Å². The Morgan fingerprint density at radius 1 is 1.21 bits per heavy atom. The zero-order valence-corrected chi connectivity index (χ0v) is 8.24. The number of rotatable bonds is 1. The maximum Gasteiger partial charge on any atom is 0.178 e. The number of pyridine rings is 1. The van der Waals surface area contributed by atoms with Crippen LogP contribution in [0, 0.1) is 6.92 Å². The van der Waals surface area contributed by atoms with E-state index in [2.05, 4.69) is 4.98 Å². The number of carbonyl (C=O) groups is 1. The first-order valence-corrected chi connectivity index (χ1v) is 4.55. The number of Topliss-reactive ketones (excluding diaryl/α,β-unsaturated/α-hetero) is 1. The van der Waals surface area contributed by atoms with Crippen molar-refractivity contribution in [1.29, 1.82) is 0 Å². The second kappa shape index (κ2) is 3.22. The molecule has 1 aromatic carbocycles. The normalized spacial score (nSPS) is 10.4. The first-order chi connectivity index (χ1) is 6.66. The summed E-state index contributed by atoms with van der Waals surface area (Å²) in [6.45, 7) is 3.55. The Morgan fingerprint density at radius 2 is 1.93 bits per heavy atom. The van der Waals surface area contributed by atoms with E-state index in [1.54, 1.807) is 6.07 Å². The summed E-state index contributed by atoms with van der Waals surface area (Å²) in [6, 6.07) is 9.74. The molecule has 0 atom stereocenters. The van der Waals surface area contributed by atoms with Crippen molar-refractivity contribution >= 4 is 16.7 Å². The molecule has 2 nitrogen and oxygen atoms in total. The molecule has 0 N–H and O–H groups in total. The van der Waals surface area contributed by atoms with Crippen molar-refractivity contribution in [2.45, 2.75) is 13.8 Å². The van der Waals surface area contributed by atoms with Crippen LogP contribution in [0.15, 0.2) is 30.3 Å². The minimum Gasteiger partial charge on any atom is -0.293 e. The molecule has 2 aromatic rings. The molecule has 0 spiro atoms. The highest BCUT2D eigenvalue weighted by atomic mass is 16.1. The fourth-order valence-corrected chi connectivity index (χ4v) is 1.42. The van der Waals surface area contributed by atoms with Gasteiger partial charge in [0.05, 0.1) is 5.52 Å². The van der Waals surface area contributed by atoms with Gasteiger partial charge in [0.15, 0.2) is 5.78 Å². The SMILES string of the molecule is CC(=O)c1ccc2ccc(C)cc2n1. The predicted octanol–water partition coefficient (Wildman–Crippen LogP) is 2.75. The van der Waals surface area contributed by atoms with E-state index in [4.69, 9.17) is 0 Å². The Hall–Kier alpha value is -1.70. The first-order valence-electron chi connectivity index (χ1n) is 4.55. The molecule has 70 valence electrons. The summed E-state index contributed by atoms with van der Waals surface area (Å²) >= 11 is 0. The highest BCUT2D eigenvalue weighted by Gasteiger charge is 2.02. The van der Waals surface area contributed by atoms with Crippen LogP contribution in [0.4, 0.5) is 0 Å². The second-order valence-corrected chi connectivity index (χ2v) is 3.45. The molecule has 0 saturated heterocycles. The van der Waals surface area contributed by atoms with Gasteiger partial charge >= 0.3 is 0 Å². The number of carbonyl (C=O) groups excluding carboxylic acids is 1. The van der Waals surface area contributed by atoms with Gasteiger partial charge in [-0.15, -0.1) is 0 Å². The molecule has 0 aliphatic carbocycles.